The molecule has 1 aliphatic carbocycles. The number of hydrogen-bond acceptors (Lipinski definition) is 2. The molecule has 0 unspecified atom stereocenters. The van der Waals surface area contributed by atoms with E-state index in [9.17, 15) is 0 Å². The second kappa shape index (κ2) is 10.7. The second-order valence-corrected chi connectivity index (χ2v) is 7.07. The first-order chi connectivity index (χ1) is 11.8. The summed E-state index contributed by atoms with van der Waals surface area (Å²) in [6.07, 6.45) is 8.14. The van der Waals surface area contributed by atoms with Gasteiger partial charge in [-0.25, -0.2) is 0 Å². The molecule has 136 valence electrons. The van der Waals surface area contributed by atoms with E-state index < -0.39 is 0 Å². The fraction of sp³-hybridized carbons (Fsp3) is 0.429. The molecule has 2 aromatic carbocycles. The second-order valence-electron chi connectivity index (χ2n) is 6.63. The Morgan fingerprint density at radius 2 is 1.64 bits per heavy atom. The molecule has 0 bridgehead atoms. The van der Waals surface area contributed by atoms with E-state index >= 15 is 0 Å². The van der Waals surface area contributed by atoms with Crippen LogP contribution in [0.2, 0.25) is 5.02 Å². The summed E-state index contributed by atoms with van der Waals surface area (Å²) < 4.78 is 5.91. The first-order valence-corrected chi connectivity index (χ1v) is 9.37. The highest BCUT2D eigenvalue weighted by Gasteiger charge is 2.11. The first kappa shape index (κ1) is 20.1. The van der Waals surface area contributed by atoms with E-state index in [1.807, 2.05) is 30.3 Å². The van der Waals surface area contributed by atoms with E-state index in [4.69, 9.17) is 16.3 Å². The minimum absolute atomic E-state index is 0. The quantitative estimate of drug-likeness (QED) is 0.607. The van der Waals surface area contributed by atoms with Crippen LogP contribution >= 0.6 is 24.0 Å². The Kier molecular flexibility index (Phi) is 8.60. The van der Waals surface area contributed by atoms with E-state index in [1.165, 1.54) is 44.1 Å². The summed E-state index contributed by atoms with van der Waals surface area (Å²) in [5, 5.41) is 4.47. The highest BCUT2D eigenvalue weighted by atomic mass is 35.5. The van der Waals surface area contributed by atoms with Crippen molar-refractivity contribution < 1.29 is 4.74 Å². The zero-order valence-corrected chi connectivity index (χ0v) is 16.1. The van der Waals surface area contributed by atoms with Crippen molar-refractivity contribution >= 4 is 24.0 Å². The van der Waals surface area contributed by atoms with Gasteiger partial charge in [-0.15, -0.1) is 12.4 Å². The molecule has 2 aromatic rings. The van der Waals surface area contributed by atoms with E-state index in [-0.39, 0.29) is 12.4 Å². The molecule has 0 saturated heterocycles. The Balaban J connectivity index is 0.00000225. The van der Waals surface area contributed by atoms with Crippen LogP contribution < -0.4 is 10.1 Å². The molecule has 1 fully saturated rings. The van der Waals surface area contributed by atoms with Crippen molar-refractivity contribution in [2.75, 3.05) is 0 Å². The molecule has 0 amide bonds. The molecule has 2 nitrogen and oxygen atoms in total. The highest BCUT2D eigenvalue weighted by molar-refractivity contribution is 6.30. The van der Waals surface area contributed by atoms with Gasteiger partial charge in [-0.3, -0.25) is 0 Å². The largest absolute Gasteiger partial charge is 0.489 e. The summed E-state index contributed by atoms with van der Waals surface area (Å²) in [5.74, 6) is 0.921. The lowest BCUT2D eigenvalue weighted by Gasteiger charge is -2.16. The Hall–Kier alpha value is -1.22. The van der Waals surface area contributed by atoms with Gasteiger partial charge in [-0.05, 0) is 48.2 Å². The van der Waals surface area contributed by atoms with Gasteiger partial charge in [-0.1, -0.05) is 61.5 Å². The fourth-order valence-electron chi connectivity index (χ4n) is 3.24. The molecule has 1 saturated carbocycles. The Morgan fingerprint density at radius 3 is 2.36 bits per heavy atom. The van der Waals surface area contributed by atoms with Crippen LogP contribution in [0.3, 0.4) is 0 Å². The predicted molar refractivity (Wildman–Crippen MR) is 108 cm³/mol. The van der Waals surface area contributed by atoms with Crippen LogP contribution in [-0.2, 0) is 13.2 Å². The fourth-order valence-corrected chi connectivity index (χ4v) is 3.36. The lowest BCUT2D eigenvalue weighted by Crippen LogP contribution is -2.27. The van der Waals surface area contributed by atoms with Crippen LogP contribution in [0.5, 0.6) is 5.75 Å². The first-order valence-electron chi connectivity index (χ1n) is 8.99. The van der Waals surface area contributed by atoms with Gasteiger partial charge in [0.2, 0.25) is 0 Å². The average Bonchev–Trinajstić information content (AvgIpc) is 2.89. The third kappa shape index (κ3) is 6.89. The van der Waals surface area contributed by atoms with Crippen molar-refractivity contribution in [3.8, 4) is 5.75 Å². The molecule has 0 atom stereocenters. The normalized spacial score (nSPS) is 15.2. The monoisotopic (exact) mass is 379 g/mol. The Bertz CT molecular complexity index is 622. The molecule has 0 heterocycles. The molecule has 4 heteroatoms. The molecule has 0 radical (unpaired) electrons. The predicted octanol–water partition coefficient (Wildman–Crippen LogP) is 6.15. The minimum Gasteiger partial charge on any atom is -0.489 e. The third-order valence-corrected chi connectivity index (χ3v) is 4.92. The van der Waals surface area contributed by atoms with Crippen molar-refractivity contribution in [3.63, 3.8) is 0 Å². The van der Waals surface area contributed by atoms with Gasteiger partial charge in [-0.2, -0.15) is 0 Å². The lowest BCUT2D eigenvalue weighted by atomic mass is 10.1. The van der Waals surface area contributed by atoms with Gasteiger partial charge in [0, 0.05) is 17.6 Å². The van der Waals surface area contributed by atoms with Crippen LogP contribution in [0.25, 0.3) is 0 Å². The number of benzene rings is 2. The summed E-state index contributed by atoms with van der Waals surface area (Å²) in [7, 11) is 0. The third-order valence-electron chi connectivity index (χ3n) is 4.67. The zero-order valence-electron chi connectivity index (χ0n) is 14.5. The number of halogens is 2. The SMILES string of the molecule is Cl.Clc1ccc(COc2cccc(CNC3CCCCCC3)c2)cc1. The van der Waals surface area contributed by atoms with Gasteiger partial charge in [0.1, 0.15) is 12.4 Å². The maximum atomic E-state index is 5.91. The summed E-state index contributed by atoms with van der Waals surface area (Å²) >= 11 is 5.91. The molecule has 0 aromatic heterocycles. The maximum absolute atomic E-state index is 5.91. The maximum Gasteiger partial charge on any atom is 0.120 e. The molecule has 1 N–H and O–H groups in total. The molecule has 0 aliphatic heterocycles. The highest BCUT2D eigenvalue weighted by Crippen LogP contribution is 2.19. The van der Waals surface area contributed by atoms with Gasteiger partial charge in [0.15, 0.2) is 0 Å². The Labute approximate surface area is 162 Å². The summed E-state index contributed by atoms with van der Waals surface area (Å²) in [5.41, 5.74) is 2.41. The Morgan fingerprint density at radius 1 is 0.920 bits per heavy atom. The molecule has 0 spiro atoms. The van der Waals surface area contributed by atoms with E-state index in [0.717, 1.165) is 22.9 Å². The van der Waals surface area contributed by atoms with Gasteiger partial charge in [0.05, 0.1) is 0 Å². The zero-order chi connectivity index (χ0) is 16.6. The molecular weight excluding hydrogens is 353 g/mol. The smallest absolute Gasteiger partial charge is 0.120 e. The lowest BCUT2D eigenvalue weighted by molar-refractivity contribution is 0.305. The van der Waals surface area contributed by atoms with E-state index in [2.05, 4.69) is 23.5 Å². The van der Waals surface area contributed by atoms with Gasteiger partial charge < -0.3 is 10.1 Å². The number of hydrogen-bond donors (Lipinski definition) is 1. The van der Waals surface area contributed by atoms with Crippen molar-refractivity contribution in [1.82, 2.24) is 5.32 Å². The van der Waals surface area contributed by atoms with Crippen LogP contribution in [0.15, 0.2) is 48.5 Å². The van der Waals surface area contributed by atoms with Crippen LogP contribution in [0, 0.1) is 0 Å². The van der Waals surface area contributed by atoms with Crippen molar-refractivity contribution in [1.29, 1.82) is 0 Å². The van der Waals surface area contributed by atoms with Crippen molar-refractivity contribution in [3.05, 3.63) is 64.7 Å². The number of ether oxygens (including phenoxy) is 1. The average molecular weight is 380 g/mol. The topological polar surface area (TPSA) is 21.3 Å². The summed E-state index contributed by atoms with van der Waals surface area (Å²) in [6.45, 7) is 1.49. The number of rotatable bonds is 6. The summed E-state index contributed by atoms with van der Waals surface area (Å²) in [6, 6.07) is 16.9. The molecule has 25 heavy (non-hydrogen) atoms. The van der Waals surface area contributed by atoms with Crippen molar-refractivity contribution in [2.45, 2.75) is 57.7 Å². The van der Waals surface area contributed by atoms with Gasteiger partial charge >= 0.3 is 0 Å². The minimum atomic E-state index is 0. The molecule has 3 rings (SSSR count). The van der Waals surface area contributed by atoms with Crippen LogP contribution in [-0.4, -0.2) is 6.04 Å². The van der Waals surface area contributed by atoms with Gasteiger partial charge in [0.25, 0.3) is 0 Å². The van der Waals surface area contributed by atoms with E-state index in [0.29, 0.717) is 12.6 Å². The molecular formula is C21H27Cl2NO. The number of nitrogens with one attached hydrogen (secondary N) is 1. The summed E-state index contributed by atoms with van der Waals surface area (Å²) in [4.78, 5) is 0. The van der Waals surface area contributed by atoms with Crippen LogP contribution in [0.1, 0.15) is 49.7 Å². The van der Waals surface area contributed by atoms with Crippen LogP contribution in [0.4, 0.5) is 0 Å². The standard InChI is InChI=1S/C21H26ClNO.ClH/c22-19-12-10-17(11-13-19)16-24-21-9-5-6-18(14-21)15-23-20-7-3-1-2-4-8-20;/h5-6,9-14,20,23H,1-4,7-8,15-16H2;1H. The van der Waals surface area contributed by atoms with E-state index in [1.54, 1.807) is 0 Å². The van der Waals surface area contributed by atoms with Crippen molar-refractivity contribution in [2.24, 2.45) is 0 Å². The molecule has 1 aliphatic rings.